The molecule has 1 heterocycles. The van der Waals surface area contributed by atoms with Crippen molar-refractivity contribution in [1.82, 2.24) is 4.98 Å². The van der Waals surface area contributed by atoms with Gasteiger partial charge in [0.05, 0.1) is 11.0 Å². The normalized spacial score (nSPS) is 11.5. The first-order chi connectivity index (χ1) is 23.6. The summed E-state index contributed by atoms with van der Waals surface area (Å²) in [5, 5.41) is 7.12. The van der Waals surface area contributed by atoms with Crippen LogP contribution >= 0.6 is 0 Å². The molecular weight excluding hydrogens is 579 g/mol. The summed E-state index contributed by atoms with van der Waals surface area (Å²) in [6.45, 7) is 4.39. The van der Waals surface area contributed by atoms with Crippen molar-refractivity contribution in [1.29, 1.82) is 0 Å². The first-order valence-electron chi connectivity index (χ1n) is 16.6. The lowest BCUT2D eigenvalue weighted by atomic mass is 9.89. The van der Waals surface area contributed by atoms with E-state index in [9.17, 15) is 0 Å². The lowest BCUT2D eigenvalue weighted by Crippen LogP contribution is -1.92. The number of hydrogen-bond acceptors (Lipinski definition) is 1. The highest BCUT2D eigenvalue weighted by Gasteiger charge is 2.16. The number of aromatic nitrogens is 1. The Kier molecular flexibility index (Phi) is 6.66. The molecule has 0 aliphatic heterocycles. The maximum atomic E-state index is 5.38. The van der Waals surface area contributed by atoms with Crippen LogP contribution in [-0.2, 0) is 0 Å². The van der Waals surface area contributed by atoms with Gasteiger partial charge in [0.2, 0.25) is 0 Å². The molecule has 0 saturated carbocycles. The molecule has 1 aromatic heterocycles. The van der Waals surface area contributed by atoms with E-state index in [2.05, 4.69) is 178 Å². The summed E-state index contributed by atoms with van der Waals surface area (Å²) >= 11 is 0. The van der Waals surface area contributed by atoms with Crippen molar-refractivity contribution < 1.29 is 0 Å². The van der Waals surface area contributed by atoms with Gasteiger partial charge in [-0.25, -0.2) is 4.98 Å². The molecule has 226 valence electrons. The predicted molar refractivity (Wildman–Crippen MR) is 205 cm³/mol. The van der Waals surface area contributed by atoms with Crippen molar-refractivity contribution in [2.45, 2.75) is 13.8 Å². The molecule has 0 saturated heterocycles. The van der Waals surface area contributed by atoms with Gasteiger partial charge in [-0.05, 0) is 92.9 Å². The molecule has 0 aliphatic carbocycles. The molecule has 8 aromatic carbocycles. The summed E-state index contributed by atoms with van der Waals surface area (Å²) in [5.74, 6) is 0. The number of rotatable bonds is 4. The molecule has 0 unspecified atom stereocenters. The minimum absolute atomic E-state index is 1.05. The summed E-state index contributed by atoms with van der Waals surface area (Å²) in [7, 11) is 0. The van der Waals surface area contributed by atoms with Crippen molar-refractivity contribution >= 4 is 43.4 Å². The zero-order chi connectivity index (χ0) is 32.2. The van der Waals surface area contributed by atoms with E-state index in [4.69, 9.17) is 4.98 Å². The summed E-state index contributed by atoms with van der Waals surface area (Å²) < 4.78 is 0. The fourth-order valence-corrected chi connectivity index (χ4v) is 7.45. The molecule has 0 atom stereocenters. The van der Waals surface area contributed by atoms with Gasteiger partial charge in [0, 0.05) is 27.1 Å². The van der Waals surface area contributed by atoms with Crippen LogP contribution in [0.4, 0.5) is 0 Å². The first-order valence-corrected chi connectivity index (χ1v) is 16.6. The average molecular weight is 612 g/mol. The van der Waals surface area contributed by atoms with E-state index in [1.165, 1.54) is 88.0 Å². The van der Waals surface area contributed by atoms with Gasteiger partial charge < -0.3 is 0 Å². The lowest BCUT2D eigenvalue weighted by molar-refractivity contribution is 1.44. The van der Waals surface area contributed by atoms with E-state index in [0.29, 0.717) is 0 Å². The Bertz CT molecular complexity index is 2520. The van der Waals surface area contributed by atoms with Gasteiger partial charge in [-0.1, -0.05) is 146 Å². The maximum absolute atomic E-state index is 5.38. The Morgan fingerprint density at radius 3 is 1.29 bits per heavy atom. The van der Waals surface area contributed by atoms with Gasteiger partial charge in [0.25, 0.3) is 0 Å². The highest BCUT2D eigenvalue weighted by molar-refractivity contribution is 6.21. The van der Waals surface area contributed by atoms with E-state index < -0.39 is 0 Å². The monoisotopic (exact) mass is 611 g/mol. The third-order valence-electron chi connectivity index (χ3n) is 9.92. The van der Waals surface area contributed by atoms with Crippen molar-refractivity contribution in [2.24, 2.45) is 0 Å². The molecule has 9 aromatic rings. The number of fused-ring (bicyclic) bond motifs is 6. The molecule has 1 heteroatoms. The minimum Gasteiger partial charge on any atom is -0.246 e. The van der Waals surface area contributed by atoms with Crippen LogP contribution in [0.25, 0.3) is 87.9 Å². The molecule has 0 fully saturated rings. The van der Waals surface area contributed by atoms with Gasteiger partial charge in [-0.3, -0.25) is 0 Å². The smallest absolute Gasteiger partial charge is 0.0794 e. The molecule has 48 heavy (non-hydrogen) atoms. The van der Waals surface area contributed by atoms with Crippen LogP contribution in [0, 0.1) is 13.8 Å². The standard InChI is InChI=1S/C47H33N/c1-30-11-3-7-15-39(30)37-27-36(28-38(29-37)40-16-8-4-12-31(40)2)32-19-21-35(22-20-32)45-43-25-23-33-13-5-9-17-41(33)46(43)48-47-42-18-10-6-14-34(42)24-26-44(45)47/h3-29H,1-2H3. The Morgan fingerprint density at radius 1 is 0.333 bits per heavy atom. The Labute approximate surface area is 280 Å². The topological polar surface area (TPSA) is 12.9 Å². The maximum Gasteiger partial charge on any atom is 0.0794 e. The molecule has 0 bridgehead atoms. The van der Waals surface area contributed by atoms with E-state index in [0.717, 1.165) is 11.0 Å². The number of pyridine rings is 1. The number of hydrogen-bond donors (Lipinski definition) is 0. The predicted octanol–water partition coefficient (Wildman–Crippen LogP) is 13.0. The molecule has 0 aliphatic rings. The SMILES string of the molecule is Cc1ccccc1-c1cc(-c2ccc(-c3c4ccc5ccccc5c4nc4c3ccc3ccccc34)cc2)cc(-c2ccccc2C)c1. The second-order valence-corrected chi connectivity index (χ2v) is 12.9. The zero-order valence-corrected chi connectivity index (χ0v) is 27.0. The third kappa shape index (κ3) is 4.67. The number of nitrogens with zero attached hydrogens (tertiary/aromatic N) is 1. The van der Waals surface area contributed by atoms with Gasteiger partial charge in [0.15, 0.2) is 0 Å². The zero-order valence-electron chi connectivity index (χ0n) is 27.0. The molecule has 1 nitrogen and oxygen atoms in total. The van der Waals surface area contributed by atoms with E-state index in [1.807, 2.05) is 0 Å². The van der Waals surface area contributed by atoms with E-state index in [1.54, 1.807) is 0 Å². The molecule has 0 amide bonds. The second-order valence-electron chi connectivity index (χ2n) is 12.9. The van der Waals surface area contributed by atoms with Crippen LogP contribution in [0.2, 0.25) is 0 Å². The summed E-state index contributed by atoms with van der Waals surface area (Å²) in [6, 6.07) is 59.7. The molecular formula is C47H33N. The average Bonchev–Trinajstić information content (AvgIpc) is 3.14. The van der Waals surface area contributed by atoms with Gasteiger partial charge in [0.1, 0.15) is 0 Å². The van der Waals surface area contributed by atoms with Crippen LogP contribution in [0.5, 0.6) is 0 Å². The molecule has 0 spiro atoms. The van der Waals surface area contributed by atoms with E-state index in [-0.39, 0.29) is 0 Å². The number of benzene rings is 8. The van der Waals surface area contributed by atoms with Crippen LogP contribution in [0.15, 0.2) is 164 Å². The summed E-state index contributed by atoms with van der Waals surface area (Å²) in [6.07, 6.45) is 0. The van der Waals surface area contributed by atoms with Gasteiger partial charge in [-0.2, -0.15) is 0 Å². The summed E-state index contributed by atoms with van der Waals surface area (Å²) in [5.41, 5.74) is 14.5. The minimum atomic E-state index is 1.05. The van der Waals surface area contributed by atoms with Crippen molar-refractivity contribution in [3.63, 3.8) is 0 Å². The van der Waals surface area contributed by atoms with Crippen LogP contribution < -0.4 is 0 Å². The molecule has 9 rings (SSSR count). The van der Waals surface area contributed by atoms with Crippen LogP contribution in [0.3, 0.4) is 0 Å². The molecule has 0 radical (unpaired) electrons. The van der Waals surface area contributed by atoms with Gasteiger partial charge >= 0.3 is 0 Å². The van der Waals surface area contributed by atoms with Crippen molar-refractivity contribution in [3.8, 4) is 44.5 Å². The highest BCUT2D eigenvalue weighted by Crippen LogP contribution is 2.41. The van der Waals surface area contributed by atoms with Crippen molar-refractivity contribution in [3.05, 3.63) is 175 Å². The highest BCUT2D eigenvalue weighted by atomic mass is 14.7. The molecule has 0 N–H and O–H groups in total. The Balaban J connectivity index is 1.26. The summed E-state index contributed by atoms with van der Waals surface area (Å²) in [4.78, 5) is 5.38. The quantitative estimate of drug-likeness (QED) is 0.142. The Hall–Kier alpha value is -6.05. The van der Waals surface area contributed by atoms with Crippen molar-refractivity contribution in [2.75, 3.05) is 0 Å². The van der Waals surface area contributed by atoms with Crippen LogP contribution in [0.1, 0.15) is 11.1 Å². The fraction of sp³-hybridized carbons (Fsp3) is 0.0426. The van der Waals surface area contributed by atoms with Gasteiger partial charge in [-0.15, -0.1) is 0 Å². The Morgan fingerprint density at radius 2 is 0.771 bits per heavy atom. The second kappa shape index (κ2) is 11.3. The first kappa shape index (κ1) is 28.2. The lowest BCUT2D eigenvalue weighted by Gasteiger charge is -2.16. The largest absolute Gasteiger partial charge is 0.246 e. The van der Waals surface area contributed by atoms with Crippen LogP contribution in [-0.4, -0.2) is 4.98 Å². The third-order valence-corrected chi connectivity index (χ3v) is 9.92. The number of aryl methyl sites for hydroxylation is 2. The fourth-order valence-electron chi connectivity index (χ4n) is 7.45. The van der Waals surface area contributed by atoms with E-state index >= 15 is 0 Å².